The van der Waals surface area contributed by atoms with E-state index in [-0.39, 0.29) is 0 Å². The Bertz CT molecular complexity index is 787. The second-order valence-electron chi connectivity index (χ2n) is 3.91. The number of aromatic nitrogens is 4. The molecule has 0 aliphatic heterocycles. The van der Waals surface area contributed by atoms with Gasteiger partial charge in [0.2, 0.25) is 0 Å². The third-order valence-corrected chi connectivity index (χ3v) is 3.65. The number of pyridine rings is 1. The number of aryl methyl sites for hydroxylation is 1. The van der Waals surface area contributed by atoms with Crippen molar-refractivity contribution in [3.05, 3.63) is 42.2 Å². The molecule has 0 saturated carbocycles. The zero-order valence-electron chi connectivity index (χ0n) is 10.1. The maximum absolute atomic E-state index is 9.22. The fraction of sp³-hybridized carbons (Fsp3) is 0.0769. The summed E-state index contributed by atoms with van der Waals surface area (Å²) in [5.74, 6) is 0. The van der Waals surface area contributed by atoms with Gasteiger partial charge in [0.15, 0.2) is 5.16 Å². The summed E-state index contributed by atoms with van der Waals surface area (Å²) in [6.45, 7) is 0. The quantitative estimate of drug-likeness (QED) is 0.713. The molecule has 0 amide bonds. The molecule has 0 aliphatic rings. The Morgan fingerprint density at radius 2 is 2.16 bits per heavy atom. The number of hydrogen-bond donors (Lipinski definition) is 0. The zero-order chi connectivity index (χ0) is 13.2. The molecular formula is C13H9N5S. The number of para-hydroxylation sites is 1. The summed E-state index contributed by atoms with van der Waals surface area (Å²) >= 11 is 1.39. The largest absolute Gasteiger partial charge is 0.244 e. The molecule has 0 N–H and O–H groups in total. The average Bonchev–Trinajstić information content (AvgIpc) is 2.83. The first-order valence-corrected chi connectivity index (χ1v) is 6.41. The highest BCUT2D eigenvalue weighted by Gasteiger charge is 2.09. The Labute approximate surface area is 113 Å². The van der Waals surface area contributed by atoms with Crippen LogP contribution >= 0.6 is 11.8 Å². The van der Waals surface area contributed by atoms with Gasteiger partial charge in [0, 0.05) is 12.4 Å². The minimum Gasteiger partial charge on any atom is -0.244 e. The van der Waals surface area contributed by atoms with E-state index in [4.69, 9.17) is 0 Å². The first-order chi connectivity index (χ1) is 9.28. The summed E-state index contributed by atoms with van der Waals surface area (Å²) in [7, 11) is 1.82. The van der Waals surface area contributed by atoms with E-state index >= 15 is 0 Å². The van der Waals surface area contributed by atoms with Crippen molar-refractivity contribution in [2.45, 2.75) is 10.2 Å². The predicted octanol–water partition coefficient (Wildman–Crippen LogP) is 2.39. The molecule has 92 valence electrons. The smallest absolute Gasteiger partial charge is 0.192 e. The van der Waals surface area contributed by atoms with Gasteiger partial charge in [-0.25, -0.2) is 14.6 Å². The van der Waals surface area contributed by atoms with E-state index in [2.05, 4.69) is 21.1 Å². The topological polar surface area (TPSA) is 67.4 Å². The fourth-order valence-electron chi connectivity index (χ4n) is 1.77. The summed E-state index contributed by atoms with van der Waals surface area (Å²) in [5.41, 5.74) is 1.43. The van der Waals surface area contributed by atoms with Crippen LogP contribution in [0.4, 0.5) is 0 Å². The van der Waals surface area contributed by atoms with Crippen LogP contribution < -0.4 is 0 Å². The molecular weight excluding hydrogens is 258 g/mol. The lowest BCUT2D eigenvalue weighted by Crippen LogP contribution is -1.94. The molecule has 19 heavy (non-hydrogen) atoms. The second-order valence-corrected chi connectivity index (χ2v) is 4.89. The highest BCUT2D eigenvalue weighted by Crippen LogP contribution is 2.27. The van der Waals surface area contributed by atoms with Crippen molar-refractivity contribution >= 4 is 22.7 Å². The van der Waals surface area contributed by atoms with Gasteiger partial charge in [-0.15, -0.1) is 0 Å². The molecule has 3 aromatic rings. The second kappa shape index (κ2) is 4.71. The van der Waals surface area contributed by atoms with Crippen molar-refractivity contribution in [1.82, 2.24) is 19.7 Å². The highest BCUT2D eigenvalue weighted by molar-refractivity contribution is 7.99. The minimum atomic E-state index is 0.621. The molecule has 6 heteroatoms. The summed E-state index contributed by atoms with van der Waals surface area (Å²) < 4.78 is 1.67. The summed E-state index contributed by atoms with van der Waals surface area (Å²) in [4.78, 5) is 8.67. The lowest BCUT2D eigenvalue weighted by atomic mass is 10.1. The van der Waals surface area contributed by atoms with Crippen molar-refractivity contribution in [3.63, 3.8) is 0 Å². The lowest BCUT2D eigenvalue weighted by molar-refractivity contribution is 0.684. The van der Waals surface area contributed by atoms with Crippen molar-refractivity contribution < 1.29 is 0 Å². The van der Waals surface area contributed by atoms with Crippen LogP contribution in [-0.2, 0) is 7.05 Å². The molecule has 1 aromatic carbocycles. The molecule has 0 radical (unpaired) electrons. The average molecular weight is 267 g/mol. The number of nitrogens with zero attached hydrogens (tertiary/aromatic N) is 5. The summed E-state index contributed by atoms with van der Waals surface area (Å²) in [6.07, 6.45) is 1.49. The van der Waals surface area contributed by atoms with Gasteiger partial charge in [0.25, 0.3) is 0 Å². The van der Waals surface area contributed by atoms with E-state index in [0.29, 0.717) is 5.56 Å². The Morgan fingerprint density at radius 3 is 2.89 bits per heavy atom. The van der Waals surface area contributed by atoms with Crippen LogP contribution in [-0.4, -0.2) is 19.7 Å². The van der Waals surface area contributed by atoms with E-state index in [1.165, 1.54) is 18.1 Å². The molecule has 5 nitrogen and oxygen atoms in total. The Kier molecular flexibility index (Phi) is 2.89. The van der Waals surface area contributed by atoms with Gasteiger partial charge in [0.05, 0.1) is 17.1 Å². The van der Waals surface area contributed by atoms with Crippen molar-refractivity contribution in [2.24, 2.45) is 7.05 Å². The zero-order valence-corrected chi connectivity index (χ0v) is 10.9. The van der Waals surface area contributed by atoms with Gasteiger partial charge >= 0.3 is 0 Å². The number of rotatable bonds is 2. The standard InChI is InChI=1S/C13H9N5S/c1-18-13(15-8-16-18)19-12-6-9(7-14)10-4-2-3-5-11(10)17-12/h2-6,8H,1H3. The van der Waals surface area contributed by atoms with E-state index in [9.17, 15) is 5.26 Å². The van der Waals surface area contributed by atoms with E-state index in [0.717, 1.165) is 21.1 Å². The normalized spacial score (nSPS) is 10.5. The lowest BCUT2D eigenvalue weighted by Gasteiger charge is -2.04. The Hall–Kier alpha value is -2.39. The first-order valence-electron chi connectivity index (χ1n) is 5.59. The monoisotopic (exact) mass is 267 g/mol. The van der Waals surface area contributed by atoms with E-state index in [1.807, 2.05) is 31.3 Å². The molecule has 0 aliphatic carbocycles. The first kappa shape index (κ1) is 11.7. The van der Waals surface area contributed by atoms with E-state index in [1.54, 1.807) is 10.7 Å². The molecule has 0 fully saturated rings. The summed E-state index contributed by atoms with van der Waals surface area (Å²) in [5, 5.41) is 15.6. The van der Waals surface area contributed by atoms with Gasteiger partial charge in [-0.1, -0.05) is 18.2 Å². The van der Waals surface area contributed by atoms with Crippen LogP contribution in [0.1, 0.15) is 5.56 Å². The number of fused-ring (bicyclic) bond motifs is 1. The maximum atomic E-state index is 9.22. The molecule has 0 saturated heterocycles. The van der Waals surface area contributed by atoms with Crippen molar-refractivity contribution in [1.29, 1.82) is 5.26 Å². The molecule has 3 rings (SSSR count). The summed E-state index contributed by atoms with van der Waals surface area (Å²) in [6, 6.07) is 11.6. The van der Waals surface area contributed by atoms with Crippen molar-refractivity contribution in [3.8, 4) is 6.07 Å². The number of hydrogen-bond acceptors (Lipinski definition) is 5. The van der Waals surface area contributed by atoms with Crippen LogP contribution in [0.5, 0.6) is 0 Å². The van der Waals surface area contributed by atoms with Gasteiger partial charge in [0.1, 0.15) is 11.4 Å². The minimum absolute atomic E-state index is 0.621. The maximum Gasteiger partial charge on any atom is 0.192 e. The Morgan fingerprint density at radius 1 is 1.32 bits per heavy atom. The van der Waals surface area contributed by atoms with Crippen LogP contribution in [0.15, 0.2) is 46.8 Å². The van der Waals surface area contributed by atoms with Crippen LogP contribution in [0, 0.1) is 11.3 Å². The fourth-order valence-corrected chi connectivity index (χ4v) is 2.55. The third kappa shape index (κ3) is 2.16. The van der Waals surface area contributed by atoms with E-state index < -0.39 is 0 Å². The molecule has 0 spiro atoms. The van der Waals surface area contributed by atoms with Crippen LogP contribution in [0.25, 0.3) is 10.9 Å². The van der Waals surface area contributed by atoms with Gasteiger partial charge < -0.3 is 0 Å². The Balaban J connectivity index is 2.10. The molecule has 0 bridgehead atoms. The van der Waals surface area contributed by atoms with Crippen molar-refractivity contribution in [2.75, 3.05) is 0 Å². The van der Waals surface area contributed by atoms with Gasteiger partial charge in [-0.05, 0) is 23.9 Å². The molecule has 0 atom stereocenters. The van der Waals surface area contributed by atoms with Gasteiger partial charge in [-0.2, -0.15) is 10.4 Å². The molecule has 0 unspecified atom stereocenters. The SMILES string of the molecule is Cn1ncnc1Sc1cc(C#N)c2ccccc2n1. The molecule has 2 aromatic heterocycles. The third-order valence-electron chi connectivity index (χ3n) is 2.68. The number of nitriles is 1. The highest BCUT2D eigenvalue weighted by atomic mass is 32.2. The predicted molar refractivity (Wildman–Crippen MR) is 71.6 cm³/mol. The van der Waals surface area contributed by atoms with Gasteiger partial charge in [-0.3, -0.25) is 0 Å². The number of benzene rings is 1. The van der Waals surface area contributed by atoms with Crippen LogP contribution in [0.3, 0.4) is 0 Å². The van der Waals surface area contributed by atoms with Crippen LogP contribution in [0.2, 0.25) is 0 Å². The molecule has 2 heterocycles.